The Kier molecular flexibility index (Phi) is 4.64. The predicted octanol–water partition coefficient (Wildman–Crippen LogP) is 3.34. The van der Waals surface area contributed by atoms with Crippen molar-refractivity contribution in [3.05, 3.63) is 35.4 Å². The van der Waals surface area contributed by atoms with Crippen LogP contribution in [0.25, 0.3) is 0 Å². The van der Waals surface area contributed by atoms with E-state index in [1.165, 1.54) is 17.0 Å². The van der Waals surface area contributed by atoms with E-state index >= 15 is 0 Å². The number of nitrogens with zero attached hydrogens (tertiary/aromatic N) is 3. The molecule has 4 rings (SSSR count). The summed E-state index contributed by atoms with van der Waals surface area (Å²) < 4.78 is 38.0. The van der Waals surface area contributed by atoms with E-state index in [0.29, 0.717) is 19.6 Å². The molecule has 0 radical (unpaired) electrons. The molecule has 0 saturated carbocycles. The highest BCUT2D eigenvalue weighted by atomic mass is 19.4. The Balaban J connectivity index is 1.35. The maximum atomic E-state index is 12.7. The third-order valence-electron chi connectivity index (χ3n) is 6.46. The van der Waals surface area contributed by atoms with Crippen LogP contribution in [0.3, 0.4) is 0 Å². The number of likely N-dealkylation sites (N-methyl/N-ethyl adjacent to an activating group) is 1. The minimum atomic E-state index is -4.31. The number of carbonyl (C=O) groups excluding carboxylic acids is 2. The SMILES string of the molecule is CCN1C(=O)C2CC3(CCN(Cc4ccc(C(F)(F)F)cc4)CC3)CN2C1=O. The Morgan fingerprint density at radius 2 is 1.75 bits per heavy atom. The fourth-order valence-corrected chi connectivity index (χ4v) is 4.80. The van der Waals surface area contributed by atoms with Crippen LogP contribution >= 0.6 is 0 Å². The summed E-state index contributed by atoms with van der Waals surface area (Å²) in [6, 6.07) is 4.85. The van der Waals surface area contributed by atoms with Crippen LogP contribution in [0.1, 0.15) is 37.3 Å². The molecular weight excluding hydrogens is 371 g/mol. The van der Waals surface area contributed by atoms with Gasteiger partial charge in [-0.3, -0.25) is 14.6 Å². The van der Waals surface area contributed by atoms with Crippen molar-refractivity contribution < 1.29 is 22.8 Å². The van der Waals surface area contributed by atoms with Crippen LogP contribution in [0.2, 0.25) is 0 Å². The topological polar surface area (TPSA) is 43.9 Å². The molecule has 1 spiro atoms. The van der Waals surface area contributed by atoms with Crippen LogP contribution in [0, 0.1) is 5.41 Å². The Morgan fingerprint density at radius 3 is 2.29 bits per heavy atom. The lowest BCUT2D eigenvalue weighted by Gasteiger charge is -2.39. The fraction of sp³-hybridized carbons (Fsp3) is 0.600. The summed E-state index contributed by atoms with van der Waals surface area (Å²) in [5.41, 5.74) is 0.225. The highest BCUT2D eigenvalue weighted by molar-refractivity contribution is 6.04. The van der Waals surface area contributed by atoms with E-state index in [4.69, 9.17) is 0 Å². The third-order valence-corrected chi connectivity index (χ3v) is 6.46. The molecule has 1 aromatic rings. The van der Waals surface area contributed by atoms with Gasteiger partial charge in [-0.15, -0.1) is 0 Å². The van der Waals surface area contributed by atoms with Crippen LogP contribution in [0.15, 0.2) is 24.3 Å². The lowest BCUT2D eigenvalue weighted by Crippen LogP contribution is -2.43. The number of fused-ring (bicyclic) bond motifs is 1. The molecule has 3 heterocycles. The first-order valence-electron chi connectivity index (χ1n) is 9.73. The van der Waals surface area contributed by atoms with E-state index < -0.39 is 11.7 Å². The summed E-state index contributed by atoms with van der Waals surface area (Å²) in [4.78, 5) is 30.1. The second-order valence-corrected chi connectivity index (χ2v) is 8.18. The van der Waals surface area contributed by atoms with Crippen LogP contribution in [-0.4, -0.2) is 58.9 Å². The Morgan fingerprint density at radius 1 is 1.11 bits per heavy atom. The van der Waals surface area contributed by atoms with E-state index in [9.17, 15) is 22.8 Å². The molecule has 0 bridgehead atoms. The number of halogens is 3. The van der Waals surface area contributed by atoms with Gasteiger partial charge in [-0.05, 0) is 62.4 Å². The van der Waals surface area contributed by atoms with Gasteiger partial charge in [0.05, 0.1) is 5.56 Å². The van der Waals surface area contributed by atoms with Gasteiger partial charge in [0, 0.05) is 19.6 Å². The first-order chi connectivity index (χ1) is 13.2. The van der Waals surface area contributed by atoms with E-state index in [1.807, 2.05) is 6.92 Å². The second kappa shape index (κ2) is 6.76. The summed E-state index contributed by atoms with van der Waals surface area (Å²) in [6.07, 6.45) is -1.79. The van der Waals surface area contributed by atoms with Gasteiger partial charge in [-0.25, -0.2) is 4.79 Å². The molecule has 0 N–H and O–H groups in total. The van der Waals surface area contributed by atoms with Gasteiger partial charge in [0.15, 0.2) is 0 Å². The summed E-state index contributed by atoms with van der Waals surface area (Å²) in [7, 11) is 0. The van der Waals surface area contributed by atoms with Crippen molar-refractivity contribution in [3.63, 3.8) is 0 Å². The molecule has 3 saturated heterocycles. The number of urea groups is 1. The molecule has 3 aliphatic rings. The number of benzene rings is 1. The van der Waals surface area contributed by atoms with Crippen molar-refractivity contribution in [2.45, 2.75) is 44.9 Å². The molecule has 0 aromatic heterocycles. The number of piperidine rings is 1. The van der Waals surface area contributed by atoms with Crippen molar-refractivity contribution >= 4 is 11.9 Å². The number of rotatable bonds is 3. The summed E-state index contributed by atoms with van der Waals surface area (Å²) in [5.74, 6) is -0.0726. The molecule has 3 aliphatic heterocycles. The number of hydrogen-bond acceptors (Lipinski definition) is 3. The van der Waals surface area contributed by atoms with Crippen molar-refractivity contribution in [3.8, 4) is 0 Å². The third kappa shape index (κ3) is 3.27. The maximum Gasteiger partial charge on any atom is 0.416 e. The van der Waals surface area contributed by atoms with E-state index in [1.54, 1.807) is 4.90 Å². The molecular formula is C20H24F3N3O2. The number of imide groups is 1. The largest absolute Gasteiger partial charge is 0.416 e. The molecule has 3 fully saturated rings. The monoisotopic (exact) mass is 395 g/mol. The van der Waals surface area contributed by atoms with Crippen molar-refractivity contribution in [2.24, 2.45) is 5.41 Å². The van der Waals surface area contributed by atoms with Gasteiger partial charge in [0.1, 0.15) is 6.04 Å². The highest BCUT2D eigenvalue weighted by Crippen LogP contribution is 2.46. The lowest BCUT2D eigenvalue weighted by atomic mass is 9.76. The summed E-state index contributed by atoms with van der Waals surface area (Å²) in [5, 5.41) is 0. The average Bonchev–Trinajstić information content (AvgIpc) is 3.12. The normalized spacial score (nSPS) is 25.1. The lowest BCUT2D eigenvalue weighted by molar-refractivity contribution is -0.137. The average molecular weight is 395 g/mol. The van der Waals surface area contributed by atoms with Gasteiger partial charge in [0.2, 0.25) is 0 Å². The Labute approximate surface area is 162 Å². The molecule has 1 aromatic carbocycles. The van der Waals surface area contributed by atoms with Crippen molar-refractivity contribution in [2.75, 3.05) is 26.2 Å². The summed E-state index contributed by atoms with van der Waals surface area (Å²) >= 11 is 0. The zero-order valence-corrected chi connectivity index (χ0v) is 15.8. The zero-order valence-electron chi connectivity index (χ0n) is 15.8. The molecule has 5 nitrogen and oxygen atoms in total. The van der Waals surface area contributed by atoms with E-state index in [-0.39, 0.29) is 23.4 Å². The van der Waals surface area contributed by atoms with Crippen LogP contribution < -0.4 is 0 Å². The molecule has 1 atom stereocenters. The van der Waals surface area contributed by atoms with Crippen molar-refractivity contribution in [1.29, 1.82) is 0 Å². The summed E-state index contributed by atoms with van der Waals surface area (Å²) in [6.45, 7) is 5.12. The maximum absolute atomic E-state index is 12.7. The minimum absolute atomic E-state index is 0.00748. The van der Waals surface area contributed by atoms with E-state index in [2.05, 4.69) is 4.90 Å². The minimum Gasteiger partial charge on any atom is -0.312 e. The Hall–Kier alpha value is -2.09. The molecule has 152 valence electrons. The van der Waals surface area contributed by atoms with Crippen LogP contribution in [0.5, 0.6) is 0 Å². The zero-order chi connectivity index (χ0) is 20.1. The van der Waals surface area contributed by atoms with Crippen molar-refractivity contribution in [1.82, 2.24) is 14.7 Å². The van der Waals surface area contributed by atoms with Gasteiger partial charge >= 0.3 is 12.2 Å². The number of amides is 3. The van der Waals surface area contributed by atoms with E-state index in [0.717, 1.165) is 50.0 Å². The van der Waals surface area contributed by atoms with Crippen LogP contribution in [0.4, 0.5) is 18.0 Å². The molecule has 28 heavy (non-hydrogen) atoms. The fourth-order valence-electron chi connectivity index (χ4n) is 4.80. The first-order valence-corrected chi connectivity index (χ1v) is 9.73. The number of hydrogen-bond donors (Lipinski definition) is 0. The predicted molar refractivity (Wildman–Crippen MR) is 96.3 cm³/mol. The first kappa shape index (κ1) is 19.2. The standard InChI is InChI=1S/C20H24F3N3O2/c1-2-25-17(27)16-11-19(13-26(16)18(25)28)7-9-24(10-8-19)12-14-3-5-15(6-4-14)20(21,22)23/h3-6,16H,2,7-13H2,1H3. The Bertz CT molecular complexity index is 744. The van der Waals surface area contributed by atoms with Gasteiger partial charge < -0.3 is 4.90 Å². The number of alkyl halides is 3. The van der Waals surface area contributed by atoms with Crippen LogP contribution in [-0.2, 0) is 17.5 Å². The number of carbonyl (C=O) groups is 2. The molecule has 1 unspecified atom stereocenters. The van der Waals surface area contributed by atoms with Gasteiger partial charge in [-0.2, -0.15) is 13.2 Å². The quantitative estimate of drug-likeness (QED) is 0.738. The van der Waals surface area contributed by atoms with Gasteiger partial charge in [0.25, 0.3) is 5.91 Å². The number of likely N-dealkylation sites (tertiary alicyclic amines) is 1. The molecule has 3 amide bonds. The molecule has 0 aliphatic carbocycles. The van der Waals surface area contributed by atoms with Gasteiger partial charge in [-0.1, -0.05) is 12.1 Å². The smallest absolute Gasteiger partial charge is 0.312 e. The highest BCUT2D eigenvalue weighted by Gasteiger charge is 2.55. The molecule has 8 heteroatoms. The second-order valence-electron chi connectivity index (χ2n) is 8.18.